The zero-order valence-electron chi connectivity index (χ0n) is 13.7. The quantitative estimate of drug-likeness (QED) is 0.892. The molecule has 0 unspecified atom stereocenters. The molecule has 0 aliphatic rings. The number of aryl methyl sites for hydroxylation is 2. The average molecular weight is 300 g/mol. The van der Waals surface area contributed by atoms with Gasteiger partial charge in [0.1, 0.15) is 5.76 Å². The number of rotatable bonds is 6. The third-order valence-corrected chi connectivity index (χ3v) is 3.92. The van der Waals surface area contributed by atoms with Gasteiger partial charge in [0.15, 0.2) is 0 Å². The minimum Gasteiger partial charge on any atom is -0.468 e. The molecule has 2 rings (SSSR count). The fourth-order valence-corrected chi connectivity index (χ4v) is 2.39. The molecule has 0 saturated carbocycles. The van der Waals surface area contributed by atoms with Gasteiger partial charge in [0.25, 0.3) is 0 Å². The number of benzene rings is 1. The second-order valence-electron chi connectivity index (χ2n) is 5.89. The van der Waals surface area contributed by atoms with Gasteiger partial charge in [0.2, 0.25) is 5.91 Å². The number of carbonyl (C=O) groups is 1. The lowest BCUT2D eigenvalue weighted by Gasteiger charge is -2.22. The molecule has 22 heavy (non-hydrogen) atoms. The molecule has 1 amide bonds. The first-order valence-electron chi connectivity index (χ1n) is 7.50. The number of furan rings is 1. The molecule has 1 N–H and O–H groups in total. The summed E-state index contributed by atoms with van der Waals surface area (Å²) < 4.78 is 5.44. The second-order valence-corrected chi connectivity index (χ2v) is 5.89. The summed E-state index contributed by atoms with van der Waals surface area (Å²) in [6.07, 6.45) is 2.06. The van der Waals surface area contributed by atoms with Gasteiger partial charge in [-0.1, -0.05) is 18.2 Å². The van der Waals surface area contributed by atoms with E-state index in [4.69, 9.17) is 4.42 Å². The van der Waals surface area contributed by atoms with Crippen LogP contribution in [0.2, 0.25) is 0 Å². The van der Waals surface area contributed by atoms with Gasteiger partial charge in [-0.25, -0.2) is 0 Å². The Balaban J connectivity index is 1.92. The average Bonchev–Trinajstić information content (AvgIpc) is 2.97. The van der Waals surface area contributed by atoms with Crippen molar-refractivity contribution in [1.29, 1.82) is 0 Å². The minimum absolute atomic E-state index is 0.0293. The van der Waals surface area contributed by atoms with Crippen LogP contribution in [0.3, 0.4) is 0 Å². The van der Waals surface area contributed by atoms with Crippen LogP contribution in [0.1, 0.15) is 28.5 Å². The first kappa shape index (κ1) is 16.3. The van der Waals surface area contributed by atoms with Gasteiger partial charge in [-0.2, -0.15) is 0 Å². The van der Waals surface area contributed by atoms with Gasteiger partial charge in [-0.15, -0.1) is 0 Å². The van der Waals surface area contributed by atoms with Gasteiger partial charge >= 0.3 is 0 Å². The highest BCUT2D eigenvalue weighted by atomic mass is 16.3. The van der Waals surface area contributed by atoms with E-state index in [0.717, 1.165) is 11.3 Å². The number of nitrogens with zero attached hydrogens (tertiary/aromatic N) is 1. The summed E-state index contributed by atoms with van der Waals surface area (Å²) in [4.78, 5) is 14.2. The first-order chi connectivity index (χ1) is 10.5. The molecule has 0 aliphatic carbocycles. The zero-order valence-corrected chi connectivity index (χ0v) is 13.7. The lowest BCUT2D eigenvalue weighted by molar-refractivity contribution is -0.120. The number of amides is 1. The SMILES string of the molecule is Cc1ccc(CC(=O)NC[C@H](c2ccco2)N(C)C)cc1C. The van der Waals surface area contributed by atoms with Crippen molar-refractivity contribution in [2.45, 2.75) is 26.3 Å². The van der Waals surface area contributed by atoms with Gasteiger partial charge < -0.3 is 9.73 Å². The normalized spacial score (nSPS) is 12.4. The fraction of sp³-hybridized carbons (Fsp3) is 0.389. The summed E-state index contributed by atoms with van der Waals surface area (Å²) in [5.74, 6) is 0.887. The highest BCUT2D eigenvalue weighted by Crippen LogP contribution is 2.17. The topological polar surface area (TPSA) is 45.5 Å². The van der Waals surface area contributed by atoms with Crippen molar-refractivity contribution in [1.82, 2.24) is 10.2 Å². The second kappa shape index (κ2) is 7.27. The number of nitrogens with one attached hydrogen (secondary N) is 1. The fourth-order valence-electron chi connectivity index (χ4n) is 2.39. The van der Waals surface area contributed by atoms with Crippen LogP contribution >= 0.6 is 0 Å². The van der Waals surface area contributed by atoms with Crippen molar-refractivity contribution in [3.63, 3.8) is 0 Å². The largest absolute Gasteiger partial charge is 0.468 e. The van der Waals surface area contributed by atoms with E-state index in [-0.39, 0.29) is 11.9 Å². The third kappa shape index (κ3) is 4.21. The molecule has 118 valence electrons. The van der Waals surface area contributed by atoms with Crippen molar-refractivity contribution < 1.29 is 9.21 Å². The van der Waals surface area contributed by atoms with Crippen LogP contribution in [-0.4, -0.2) is 31.4 Å². The lowest BCUT2D eigenvalue weighted by Crippen LogP contribution is -2.35. The smallest absolute Gasteiger partial charge is 0.224 e. The Kier molecular flexibility index (Phi) is 5.39. The molecule has 1 aromatic heterocycles. The van der Waals surface area contributed by atoms with E-state index in [2.05, 4.69) is 31.3 Å². The van der Waals surface area contributed by atoms with Crippen LogP contribution < -0.4 is 5.32 Å². The van der Waals surface area contributed by atoms with E-state index in [9.17, 15) is 4.79 Å². The predicted molar refractivity (Wildman–Crippen MR) is 87.8 cm³/mol. The summed E-state index contributed by atoms with van der Waals surface area (Å²) in [5, 5.41) is 2.99. The zero-order chi connectivity index (χ0) is 16.1. The molecule has 1 heterocycles. The summed E-state index contributed by atoms with van der Waals surface area (Å²) >= 11 is 0. The molecule has 0 aliphatic heterocycles. The lowest BCUT2D eigenvalue weighted by atomic mass is 10.0. The Morgan fingerprint density at radius 2 is 2.00 bits per heavy atom. The van der Waals surface area contributed by atoms with Gasteiger partial charge in [0, 0.05) is 6.54 Å². The third-order valence-electron chi connectivity index (χ3n) is 3.92. The monoisotopic (exact) mass is 300 g/mol. The number of hydrogen-bond donors (Lipinski definition) is 1. The number of carbonyl (C=O) groups excluding carboxylic acids is 1. The van der Waals surface area contributed by atoms with Crippen LogP contribution in [0, 0.1) is 13.8 Å². The van der Waals surface area contributed by atoms with Crippen LogP contribution in [0.5, 0.6) is 0 Å². The summed E-state index contributed by atoms with van der Waals surface area (Å²) in [5.41, 5.74) is 3.50. The van der Waals surface area contributed by atoms with E-state index in [1.165, 1.54) is 11.1 Å². The summed E-state index contributed by atoms with van der Waals surface area (Å²) in [7, 11) is 3.95. The Hall–Kier alpha value is -2.07. The molecule has 2 aromatic rings. The Morgan fingerprint density at radius 3 is 2.59 bits per heavy atom. The number of hydrogen-bond acceptors (Lipinski definition) is 3. The molecule has 4 heteroatoms. The minimum atomic E-state index is 0.0293. The molecule has 4 nitrogen and oxygen atoms in total. The molecule has 0 saturated heterocycles. The van der Waals surface area contributed by atoms with Crippen molar-refractivity contribution >= 4 is 5.91 Å². The van der Waals surface area contributed by atoms with E-state index in [1.54, 1.807) is 6.26 Å². The van der Waals surface area contributed by atoms with Crippen LogP contribution in [0.25, 0.3) is 0 Å². The van der Waals surface area contributed by atoms with Crippen molar-refractivity contribution in [2.24, 2.45) is 0 Å². The maximum absolute atomic E-state index is 12.1. The number of likely N-dealkylation sites (N-methyl/N-ethyl adjacent to an activating group) is 1. The van der Waals surface area contributed by atoms with E-state index in [1.807, 2.05) is 37.2 Å². The summed E-state index contributed by atoms with van der Waals surface area (Å²) in [6, 6.07) is 9.98. The Labute approximate surface area is 132 Å². The molecule has 0 spiro atoms. The highest BCUT2D eigenvalue weighted by molar-refractivity contribution is 5.78. The van der Waals surface area contributed by atoms with Gasteiger partial charge in [-0.05, 0) is 56.8 Å². The Bertz CT molecular complexity index is 618. The molecule has 0 bridgehead atoms. The molecule has 0 radical (unpaired) electrons. The summed E-state index contributed by atoms with van der Waals surface area (Å²) in [6.45, 7) is 4.67. The maximum Gasteiger partial charge on any atom is 0.224 e. The van der Waals surface area contributed by atoms with Crippen LogP contribution in [0.15, 0.2) is 41.0 Å². The molecular weight excluding hydrogens is 276 g/mol. The van der Waals surface area contributed by atoms with Crippen LogP contribution in [0.4, 0.5) is 0 Å². The standard InChI is InChI=1S/C18H24N2O2/c1-13-7-8-15(10-14(13)2)11-18(21)19-12-16(20(3)4)17-6-5-9-22-17/h5-10,16H,11-12H2,1-4H3,(H,19,21)/t16-/m1/s1. The van der Waals surface area contributed by atoms with Gasteiger partial charge in [-0.3, -0.25) is 9.69 Å². The van der Waals surface area contributed by atoms with Crippen LogP contribution in [-0.2, 0) is 11.2 Å². The Morgan fingerprint density at radius 1 is 1.23 bits per heavy atom. The van der Waals surface area contributed by atoms with Crippen molar-refractivity contribution in [3.05, 3.63) is 59.0 Å². The molecule has 0 fully saturated rings. The van der Waals surface area contributed by atoms with Crippen molar-refractivity contribution in [3.8, 4) is 0 Å². The van der Waals surface area contributed by atoms with E-state index < -0.39 is 0 Å². The maximum atomic E-state index is 12.1. The highest BCUT2D eigenvalue weighted by Gasteiger charge is 2.17. The predicted octanol–water partition coefficient (Wildman–Crippen LogP) is 2.86. The molecular formula is C18H24N2O2. The van der Waals surface area contributed by atoms with E-state index >= 15 is 0 Å². The van der Waals surface area contributed by atoms with Crippen molar-refractivity contribution in [2.75, 3.05) is 20.6 Å². The molecule has 1 aromatic carbocycles. The van der Waals surface area contributed by atoms with Gasteiger partial charge in [0.05, 0.1) is 18.7 Å². The first-order valence-corrected chi connectivity index (χ1v) is 7.50. The molecule has 1 atom stereocenters. The van der Waals surface area contributed by atoms with E-state index in [0.29, 0.717) is 13.0 Å².